The van der Waals surface area contributed by atoms with Crippen molar-refractivity contribution in [1.82, 2.24) is 10.3 Å². The third-order valence-corrected chi connectivity index (χ3v) is 6.83. The van der Waals surface area contributed by atoms with Crippen molar-refractivity contribution in [2.45, 2.75) is 119 Å². The molecule has 12 nitrogen and oxygen atoms in total. The van der Waals surface area contributed by atoms with Crippen molar-refractivity contribution in [2.75, 3.05) is 14.2 Å². The molecular weight excluding hydrogens is 596 g/mol. The molecule has 2 N–H and O–H groups in total. The van der Waals surface area contributed by atoms with Crippen molar-refractivity contribution in [3.05, 3.63) is 39.5 Å². The molecule has 1 aliphatic heterocycles. The van der Waals surface area contributed by atoms with Gasteiger partial charge in [0.2, 0.25) is 0 Å². The molecule has 1 fully saturated rings. The maximum Gasteiger partial charge on any atom is 0.355 e. The van der Waals surface area contributed by atoms with Crippen LogP contribution < -0.4 is 5.32 Å². The molecule has 2 rings (SSSR count). The molecule has 256 valence electrons. The molecule has 0 unspecified atom stereocenters. The third kappa shape index (κ3) is 10.5. The van der Waals surface area contributed by atoms with Crippen LogP contribution in [0.2, 0.25) is 0 Å². The minimum absolute atomic E-state index is 0.0402. The van der Waals surface area contributed by atoms with Crippen molar-refractivity contribution in [2.24, 2.45) is 5.41 Å². The summed E-state index contributed by atoms with van der Waals surface area (Å²) >= 11 is 0. The average Bonchev–Trinajstić information content (AvgIpc) is 3.35. The Morgan fingerprint density at radius 1 is 0.804 bits per heavy atom. The summed E-state index contributed by atoms with van der Waals surface area (Å²) < 4.78 is 26.6. The summed E-state index contributed by atoms with van der Waals surface area (Å²) in [6.45, 7) is 18.9. The van der Waals surface area contributed by atoms with Crippen molar-refractivity contribution in [3.63, 3.8) is 0 Å². The third-order valence-electron chi connectivity index (χ3n) is 6.83. The van der Waals surface area contributed by atoms with Gasteiger partial charge in [0.05, 0.1) is 20.6 Å². The summed E-state index contributed by atoms with van der Waals surface area (Å²) in [6, 6.07) is 0. The standard InChI is InChI=1S/C34H50N2O10/c1-19-21(14-15-23(37)42-12)26(30(41)46-33(8,9)10)36-22(19)16-20-17-34(11,18-24(38)43-13)27(35-20)25(28(39)44-31(2,3)4)29(40)45-32(5,6)7/h16,35-36H,14-15,17-18H2,1-13H3/b20-16+/t34-/m1/s1. The van der Waals surface area contributed by atoms with Crippen LogP contribution in [0.25, 0.3) is 6.08 Å². The molecule has 0 amide bonds. The molecule has 1 aromatic rings. The van der Waals surface area contributed by atoms with Crippen LogP contribution >= 0.6 is 0 Å². The highest BCUT2D eigenvalue weighted by Gasteiger charge is 2.45. The molecule has 46 heavy (non-hydrogen) atoms. The molecule has 0 aromatic carbocycles. The molecule has 0 bridgehead atoms. The summed E-state index contributed by atoms with van der Waals surface area (Å²) in [5.41, 5.74) is -1.43. The maximum atomic E-state index is 13.6. The van der Waals surface area contributed by atoms with E-state index in [1.54, 1.807) is 82.2 Å². The number of hydrogen-bond acceptors (Lipinski definition) is 11. The first-order valence-corrected chi connectivity index (χ1v) is 15.2. The second-order valence-electron chi connectivity index (χ2n) is 14.6. The quantitative estimate of drug-likeness (QED) is 0.119. The first-order valence-electron chi connectivity index (χ1n) is 15.2. The van der Waals surface area contributed by atoms with Gasteiger partial charge in [-0.1, -0.05) is 6.92 Å². The van der Waals surface area contributed by atoms with E-state index in [2.05, 4.69) is 10.3 Å². The Morgan fingerprint density at radius 2 is 1.30 bits per heavy atom. The first-order chi connectivity index (χ1) is 20.9. The predicted octanol–water partition coefficient (Wildman–Crippen LogP) is 5.23. The lowest BCUT2D eigenvalue weighted by Crippen LogP contribution is -2.35. The van der Waals surface area contributed by atoms with E-state index in [1.807, 2.05) is 0 Å². The zero-order valence-corrected chi connectivity index (χ0v) is 29.5. The van der Waals surface area contributed by atoms with E-state index in [9.17, 15) is 24.0 Å². The van der Waals surface area contributed by atoms with Gasteiger partial charge in [-0.05, 0) is 99.3 Å². The van der Waals surface area contributed by atoms with E-state index in [1.165, 1.54) is 14.2 Å². The summed E-state index contributed by atoms with van der Waals surface area (Å²) in [4.78, 5) is 68.1. The van der Waals surface area contributed by atoms with Gasteiger partial charge in [-0.2, -0.15) is 0 Å². The van der Waals surface area contributed by atoms with E-state index in [-0.39, 0.29) is 42.6 Å². The monoisotopic (exact) mass is 646 g/mol. The van der Waals surface area contributed by atoms with Crippen LogP contribution in [-0.2, 0) is 49.3 Å². The normalized spacial score (nSPS) is 17.7. The van der Waals surface area contributed by atoms with Crippen LogP contribution in [-0.4, -0.2) is 65.9 Å². The molecule has 0 saturated carbocycles. The lowest BCUT2D eigenvalue weighted by molar-refractivity contribution is -0.159. The van der Waals surface area contributed by atoms with Crippen molar-refractivity contribution >= 4 is 35.9 Å². The molecule has 1 atom stereocenters. The van der Waals surface area contributed by atoms with Gasteiger partial charge in [-0.15, -0.1) is 0 Å². The Bertz CT molecular complexity index is 1400. The van der Waals surface area contributed by atoms with Gasteiger partial charge in [0, 0.05) is 28.9 Å². The van der Waals surface area contributed by atoms with Crippen LogP contribution in [0.5, 0.6) is 0 Å². The van der Waals surface area contributed by atoms with Gasteiger partial charge in [-0.25, -0.2) is 14.4 Å². The fraction of sp³-hybridized carbons (Fsp3) is 0.618. The van der Waals surface area contributed by atoms with Gasteiger partial charge in [-0.3, -0.25) is 9.59 Å². The fourth-order valence-corrected chi connectivity index (χ4v) is 4.92. The number of esters is 5. The zero-order chi connectivity index (χ0) is 35.4. The highest BCUT2D eigenvalue weighted by atomic mass is 16.6. The lowest BCUT2D eigenvalue weighted by Gasteiger charge is -2.28. The molecule has 1 aliphatic rings. The Morgan fingerprint density at radius 3 is 1.76 bits per heavy atom. The summed E-state index contributed by atoms with van der Waals surface area (Å²) in [5.74, 6) is -3.39. The number of methoxy groups -OCH3 is 2. The minimum Gasteiger partial charge on any atom is -0.469 e. The molecule has 1 saturated heterocycles. The van der Waals surface area contributed by atoms with Crippen LogP contribution in [0.4, 0.5) is 0 Å². The highest BCUT2D eigenvalue weighted by Crippen LogP contribution is 2.45. The van der Waals surface area contributed by atoms with E-state index in [0.29, 0.717) is 22.5 Å². The van der Waals surface area contributed by atoms with Gasteiger partial charge in [0.25, 0.3) is 0 Å². The topological polar surface area (TPSA) is 159 Å². The predicted molar refractivity (Wildman–Crippen MR) is 170 cm³/mol. The molecule has 0 radical (unpaired) electrons. The van der Waals surface area contributed by atoms with E-state index in [4.69, 9.17) is 23.7 Å². The van der Waals surface area contributed by atoms with Crippen molar-refractivity contribution < 1.29 is 47.7 Å². The van der Waals surface area contributed by atoms with Gasteiger partial charge in [0.1, 0.15) is 22.5 Å². The molecule has 0 aliphatic carbocycles. The van der Waals surface area contributed by atoms with Crippen LogP contribution in [0.3, 0.4) is 0 Å². The van der Waals surface area contributed by atoms with Gasteiger partial charge in [0.15, 0.2) is 5.57 Å². The average molecular weight is 647 g/mol. The number of hydrogen-bond donors (Lipinski definition) is 2. The van der Waals surface area contributed by atoms with Gasteiger partial charge >= 0.3 is 29.8 Å². The largest absolute Gasteiger partial charge is 0.469 e. The number of carbonyl (C=O) groups excluding carboxylic acids is 5. The maximum absolute atomic E-state index is 13.6. The number of carbonyl (C=O) groups is 5. The molecule has 0 spiro atoms. The number of ether oxygens (including phenoxy) is 5. The zero-order valence-electron chi connectivity index (χ0n) is 29.5. The smallest absolute Gasteiger partial charge is 0.355 e. The Balaban J connectivity index is 2.79. The van der Waals surface area contributed by atoms with Crippen LogP contribution in [0, 0.1) is 12.3 Å². The van der Waals surface area contributed by atoms with Crippen LogP contribution in [0.15, 0.2) is 17.0 Å². The van der Waals surface area contributed by atoms with E-state index < -0.39 is 52.1 Å². The summed E-state index contributed by atoms with van der Waals surface area (Å²) in [6.07, 6.45) is 2.00. The fourth-order valence-electron chi connectivity index (χ4n) is 4.92. The lowest BCUT2D eigenvalue weighted by atomic mass is 9.80. The van der Waals surface area contributed by atoms with Gasteiger partial charge < -0.3 is 34.0 Å². The number of allylic oxidation sites excluding steroid dienone is 2. The Labute approximate surface area is 271 Å². The van der Waals surface area contributed by atoms with E-state index in [0.717, 1.165) is 0 Å². The van der Waals surface area contributed by atoms with Crippen LogP contribution in [0.1, 0.15) is 116 Å². The summed E-state index contributed by atoms with van der Waals surface area (Å²) in [7, 11) is 2.55. The number of nitrogens with one attached hydrogen (secondary N) is 2. The second kappa shape index (κ2) is 14.1. The SMILES string of the molecule is COC(=O)CCc1c(C(=O)OC(C)(C)C)[nH]c(/C=C2\C[C@](C)(CC(=O)OC)C(=C(C(=O)OC(C)(C)C)C(=O)OC(C)(C)C)N2)c1C. The van der Waals surface area contributed by atoms with Crippen molar-refractivity contribution in [1.29, 1.82) is 0 Å². The first kappa shape index (κ1) is 38.1. The Kier molecular flexibility index (Phi) is 11.7. The number of H-pyrrole nitrogens is 1. The Hall–Kier alpha value is -4.09. The molecular formula is C34H50N2O10. The number of aromatic amines is 1. The van der Waals surface area contributed by atoms with E-state index >= 15 is 0 Å². The highest BCUT2D eigenvalue weighted by molar-refractivity contribution is 6.15. The number of aromatic nitrogens is 1. The minimum atomic E-state index is -1.11. The second-order valence-corrected chi connectivity index (χ2v) is 14.6. The summed E-state index contributed by atoms with van der Waals surface area (Å²) in [5, 5.41) is 3.20. The van der Waals surface area contributed by atoms with Crippen molar-refractivity contribution in [3.8, 4) is 0 Å². The molecule has 2 heterocycles. The molecule has 1 aromatic heterocycles. The number of rotatable bonds is 9. The molecule has 12 heteroatoms.